The van der Waals surface area contributed by atoms with Crippen molar-refractivity contribution in [2.75, 3.05) is 12.1 Å². The van der Waals surface area contributed by atoms with Gasteiger partial charge in [-0.15, -0.1) is 0 Å². The highest BCUT2D eigenvalue weighted by molar-refractivity contribution is 9.10. The summed E-state index contributed by atoms with van der Waals surface area (Å²) >= 11 is 2.91. The summed E-state index contributed by atoms with van der Waals surface area (Å²) in [7, 11) is 0. The lowest BCUT2D eigenvalue weighted by molar-refractivity contribution is 0.174. The summed E-state index contributed by atoms with van der Waals surface area (Å²) in [6, 6.07) is 5.11. The fourth-order valence-electron chi connectivity index (χ4n) is 1.96. The van der Waals surface area contributed by atoms with Crippen molar-refractivity contribution in [1.82, 2.24) is 0 Å². The number of benzene rings is 2. The van der Waals surface area contributed by atoms with Gasteiger partial charge >= 0.3 is 0 Å². The lowest BCUT2D eigenvalue weighted by atomic mass is 10.1. The molecule has 2 N–H and O–H groups in total. The van der Waals surface area contributed by atoms with Crippen LogP contribution in [0.1, 0.15) is 5.56 Å². The first-order valence-corrected chi connectivity index (χ1v) is 6.84. The lowest BCUT2D eigenvalue weighted by Gasteiger charge is -2.10. The largest absolute Gasteiger partial charge is 0.507 e. The van der Waals surface area contributed by atoms with E-state index in [1.54, 1.807) is 6.07 Å². The number of hydrogen-bond donors (Lipinski definition) is 2. The first-order chi connectivity index (χ1) is 10.0. The van der Waals surface area contributed by atoms with Crippen LogP contribution in [0.15, 0.2) is 28.7 Å². The van der Waals surface area contributed by atoms with Crippen LogP contribution in [-0.2, 0) is 6.54 Å². The van der Waals surface area contributed by atoms with Crippen LogP contribution < -0.4 is 14.8 Å². The maximum Gasteiger partial charge on any atom is 0.231 e. The van der Waals surface area contributed by atoms with Crippen molar-refractivity contribution in [1.29, 1.82) is 0 Å². The van der Waals surface area contributed by atoms with E-state index in [2.05, 4.69) is 21.2 Å². The van der Waals surface area contributed by atoms with Gasteiger partial charge in [0.1, 0.15) is 17.4 Å². The van der Waals surface area contributed by atoms with Crippen molar-refractivity contribution < 1.29 is 23.4 Å². The molecular formula is C14H10BrF2NO3. The smallest absolute Gasteiger partial charge is 0.231 e. The Balaban J connectivity index is 1.81. The average molecular weight is 358 g/mol. The van der Waals surface area contributed by atoms with Gasteiger partial charge in [-0.2, -0.15) is 0 Å². The number of aromatic hydroxyl groups is 1. The second-order valence-corrected chi connectivity index (χ2v) is 5.29. The van der Waals surface area contributed by atoms with Crippen LogP contribution in [0.3, 0.4) is 0 Å². The van der Waals surface area contributed by atoms with Gasteiger partial charge in [-0.25, -0.2) is 8.78 Å². The van der Waals surface area contributed by atoms with Gasteiger partial charge < -0.3 is 19.9 Å². The first kappa shape index (κ1) is 13.9. The van der Waals surface area contributed by atoms with Crippen LogP contribution in [0.25, 0.3) is 0 Å². The number of halogens is 3. The molecule has 1 heterocycles. The molecule has 7 heteroatoms. The molecule has 21 heavy (non-hydrogen) atoms. The molecule has 0 unspecified atom stereocenters. The molecule has 0 aliphatic carbocycles. The van der Waals surface area contributed by atoms with Gasteiger partial charge in [-0.3, -0.25) is 0 Å². The van der Waals surface area contributed by atoms with E-state index in [1.165, 1.54) is 6.07 Å². The quantitative estimate of drug-likeness (QED) is 0.821. The number of hydrogen-bond acceptors (Lipinski definition) is 4. The molecule has 1 aliphatic rings. The van der Waals surface area contributed by atoms with E-state index in [-0.39, 0.29) is 29.2 Å². The van der Waals surface area contributed by atoms with Crippen molar-refractivity contribution in [3.63, 3.8) is 0 Å². The van der Waals surface area contributed by atoms with E-state index in [9.17, 15) is 13.9 Å². The third kappa shape index (κ3) is 2.73. The number of nitrogens with one attached hydrogen (secondary N) is 1. The Kier molecular flexibility index (Phi) is 3.59. The molecule has 2 aromatic carbocycles. The number of ether oxygens (including phenoxy) is 2. The van der Waals surface area contributed by atoms with Crippen molar-refractivity contribution in [3.8, 4) is 17.2 Å². The minimum Gasteiger partial charge on any atom is -0.507 e. The Morgan fingerprint density at radius 2 is 1.81 bits per heavy atom. The van der Waals surface area contributed by atoms with Crippen LogP contribution in [-0.4, -0.2) is 11.9 Å². The summed E-state index contributed by atoms with van der Waals surface area (Å²) in [5, 5.41) is 12.6. The molecule has 0 bridgehead atoms. The second-order valence-electron chi connectivity index (χ2n) is 4.43. The van der Waals surface area contributed by atoms with Crippen LogP contribution in [0, 0.1) is 11.6 Å². The minimum absolute atomic E-state index is 0.00719. The molecule has 2 aromatic rings. The summed E-state index contributed by atoms with van der Waals surface area (Å²) < 4.78 is 37.5. The van der Waals surface area contributed by atoms with E-state index in [1.807, 2.05) is 0 Å². The highest BCUT2D eigenvalue weighted by Gasteiger charge is 2.17. The minimum atomic E-state index is -0.594. The fraction of sp³-hybridized carbons (Fsp3) is 0.143. The van der Waals surface area contributed by atoms with Crippen LogP contribution in [0.4, 0.5) is 14.5 Å². The number of anilines is 1. The van der Waals surface area contributed by atoms with Gasteiger partial charge in [0.2, 0.25) is 6.79 Å². The fourth-order valence-corrected chi connectivity index (χ4v) is 2.28. The lowest BCUT2D eigenvalue weighted by Crippen LogP contribution is -2.02. The van der Waals surface area contributed by atoms with E-state index in [4.69, 9.17) is 9.47 Å². The maximum atomic E-state index is 13.7. The topological polar surface area (TPSA) is 50.7 Å². The molecule has 0 radical (unpaired) electrons. The van der Waals surface area contributed by atoms with Gasteiger partial charge in [0.05, 0.1) is 10.2 Å². The highest BCUT2D eigenvalue weighted by Crippen LogP contribution is 2.38. The van der Waals surface area contributed by atoms with Crippen molar-refractivity contribution in [3.05, 3.63) is 45.9 Å². The molecule has 3 rings (SSSR count). The number of rotatable bonds is 3. The predicted molar refractivity (Wildman–Crippen MR) is 75.6 cm³/mol. The average Bonchev–Trinajstić information content (AvgIpc) is 2.88. The van der Waals surface area contributed by atoms with Crippen LogP contribution >= 0.6 is 15.9 Å². The monoisotopic (exact) mass is 357 g/mol. The summed E-state index contributed by atoms with van der Waals surface area (Å²) in [5.74, 6) is -0.216. The Bertz CT molecular complexity index is 709. The van der Waals surface area contributed by atoms with E-state index >= 15 is 0 Å². The standard InChI is InChI=1S/C14H10BrF2NO3/c15-8-2-10(17)11(3-9(8)16)18-5-7-1-13-14(4-12(7)19)21-6-20-13/h1-4,18-19H,5-6H2. The third-order valence-electron chi connectivity index (χ3n) is 3.05. The Morgan fingerprint density at radius 1 is 1.10 bits per heavy atom. The summed E-state index contributed by atoms with van der Waals surface area (Å²) in [5.41, 5.74) is 0.495. The number of phenolic OH excluding ortho intramolecular Hbond substituents is 1. The zero-order chi connectivity index (χ0) is 15.0. The molecule has 0 fully saturated rings. The highest BCUT2D eigenvalue weighted by atomic mass is 79.9. The van der Waals surface area contributed by atoms with E-state index in [0.717, 1.165) is 12.1 Å². The van der Waals surface area contributed by atoms with E-state index < -0.39 is 11.6 Å². The van der Waals surface area contributed by atoms with Crippen LogP contribution in [0.2, 0.25) is 0 Å². The van der Waals surface area contributed by atoms with Crippen LogP contribution in [0.5, 0.6) is 17.2 Å². The van der Waals surface area contributed by atoms with Crippen molar-refractivity contribution in [2.45, 2.75) is 6.54 Å². The molecule has 0 amide bonds. The molecule has 1 aliphatic heterocycles. The molecule has 0 aromatic heterocycles. The zero-order valence-electron chi connectivity index (χ0n) is 10.6. The first-order valence-electron chi connectivity index (χ1n) is 6.04. The maximum absolute atomic E-state index is 13.7. The molecule has 0 saturated carbocycles. The molecule has 110 valence electrons. The van der Waals surface area contributed by atoms with E-state index in [0.29, 0.717) is 17.1 Å². The van der Waals surface area contributed by atoms with Gasteiger partial charge in [0.15, 0.2) is 11.5 Å². The SMILES string of the molecule is Oc1cc2c(cc1CNc1cc(F)c(Br)cc1F)OCO2. The zero-order valence-corrected chi connectivity index (χ0v) is 12.2. The molecular weight excluding hydrogens is 348 g/mol. The molecule has 0 spiro atoms. The van der Waals surface area contributed by atoms with Gasteiger partial charge in [-0.05, 0) is 28.1 Å². The number of phenols is 1. The van der Waals surface area contributed by atoms with Crippen molar-refractivity contribution in [2.24, 2.45) is 0 Å². The van der Waals surface area contributed by atoms with Gasteiger partial charge in [0, 0.05) is 24.2 Å². The summed E-state index contributed by atoms with van der Waals surface area (Å²) in [4.78, 5) is 0. The predicted octanol–water partition coefficient (Wildman–Crippen LogP) is 3.77. The second kappa shape index (κ2) is 5.40. The summed E-state index contributed by atoms with van der Waals surface area (Å²) in [6.07, 6.45) is 0. The van der Waals surface area contributed by atoms with Crippen molar-refractivity contribution >= 4 is 21.6 Å². The van der Waals surface area contributed by atoms with Gasteiger partial charge in [-0.1, -0.05) is 0 Å². The normalized spacial score (nSPS) is 12.5. The summed E-state index contributed by atoms with van der Waals surface area (Å²) in [6.45, 7) is 0.207. The molecule has 0 saturated heterocycles. The Labute approximate surface area is 127 Å². The molecule has 0 atom stereocenters. The third-order valence-corrected chi connectivity index (χ3v) is 3.66. The number of fused-ring (bicyclic) bond motifs is 1. The Morgan fingerprint density at radius 3 is 2.57 bits per heavy atom. The Hall–Kier alpha value is -2.02. The van der Waals surface area contributed by atoms with Gasteiger partial charge in [0.25, 0.3) is 0 Å². The molecule has 4 nitrogen and oxygen atoms in total.